The van der Waals surface area contributed by atoms with E-state index in [-0.39, 0.29) is 12.1 Å². The van der Waals surface area contributed by atoms with Crippen molar-refractivity contribution in [3.63, 3.8) is 0 Å². The molecule has 1 aromatic rings. The SMILES string of the molecule is Cc1cccc(N2CC(C)NC(=O)N2)c1. The monoisotopic (exact) mass is 205 g/mol. The second-order valence-corrected chi connectivity index (χ2v) is 3.94. The third kappa shape index (κ3) is 2.21. The summed E-state index contributed by atoms with van der Waals surface area (Å²) < 4.78 is 0. The second kappa shape index (κ2) is 3.81. The number of hydrogen-bond acceptors (Lipinski definition) is 2. The van der Waals surface area contributed by atoms with Crippen molar-refractivity contribution in [2.45, 2.75) is 19.9 Å². The van der Waals surface area contributed by atoms with Crippen LogP contribution in [0.5, 0.6) is 0 Å². The van der Waals surface area contributed by atoms with Gasteiger partial charge in [0.2, 0.25) is 0 Å². The Morgan fingerprint density at radius 1 is 1.47 bits per heavy atom. The van der Waals surface area contributed by atoms with Gasteiger partial charge in [-0.05, 0) is 31.5 Å². The Morgan fingerprint density at radius 2 is 2.27 bits per heavy atom. The van der Waals surface area contributed by atoms with Crippen molar-refractivity contribution >= 4 is 11.7 Å². The number of hydrogen-bond donors (Lipinski definition) is 2. The predicted octanol–water partition coefficient (Wildman–Crippen LogP) is 1.42. The molecule has 80 valence electrons. The summed E-state index contributed by atoms with van der Waals surface area (Å²) in [5.41, 5.74) is 4.99. The van der Waals surface area contributed by atoms with Gasteiger partial charge >= 0.3 is 6.03 Å². The quantitative estimate of drug-likeness (QED) is 0.728. The Balaban J connectivity index is 2.19. The topological polar surface area (TPSA) is 44.4 Å². The zero-order valence-corrected chi connectivity index (χ0v) is 8.95. The number of carbonyl (C=O) groups is 1. The van der Waals surface area contributed by atoms with Crippen molar-refractivity contribution in [3.05, 3.63) is 29.8 Å². The van der Waals surface area contributed by atoms with Gasteiger partial charge in [-0.25, -0.2) is 10.2 Å². The van der Waals surface area contributed by atoms with Crippen molar-refractivity contribution in [1.29, 1.82) is 0 Å². The van der Waals surface area contributed by atoms with E-state index in [0.717, 1.165) is 12.2 Å². The van der Waals surface area contributed by atoms with Crippen LogP contribution < -0.4 is 15.8 Å². The average molecular weight is 205 g/mol. The van der Waals surface area contributed by atoms with Crippen LogP contribution in [0.25, 0.3) is 0 Å². The van der Waals surface area contributed by atoms with Crippen LogP contribution in [0.15, 0.2) is 24.3 Å². The fourth-order valence-corrected chi connectivity index (χ4v) is 1.71. The highest BCUT2D eigenvalue weighted by atomic mass is 16.2. The van der Waals surface area contributed by atoms with Crippen LogP contribution in [0.2, 0.25) is 0 Å². The van der Waals surface area contributed by atoms with Gasteiger partial charge in [0.15, 0.2) is 0 Å². The fourth-order valence-electron chi connectivity index (χ4n) is 1.71. The maximum atomic E-state index is 11.3. The first-order valence-corrected chi connectivity index (χ1v) is 5.06. The first kappa shape index (κ1) is 9.83. The van der Waals surface area contributed by atoms with Gasteiger partial charge in [-0.15, -0.1) is 0 Å². The summed E-state index contributed by atoms with van der Waals surface area (Å²) in [7, 11) is 0. The summed E-state index contributed by atoms with van der Waals surface area (Å²) in [4.78, 5) is 11.3. The molecule has 1 aliphatic heterocycles. The summed E-state index contributed by atoms with van der Waals surface area (Å²) in [6.45, 7) is 4.80. The van der Waals surface area contributed by atoms with E-state index in [4.69, 9.17) is 0 Å². The molecule has 1 aliphatic rings. The lowest BCUT2D eigenvalue weighted by Gasteiger charge is -2.33. The Bertz CT molecular complexity index is 378. The summed E-state index contributed by atoms with van der Waals surface area (Å²) in [5.74, 6) is 0. The fraction of sp³-hybridized carbons (Fsp3) is 0.364. The predicted molar refractivity (Wildman–Crippen MR) is 59.7 cm³/mol. The van der Waals surface area contributed by atoms with E-state index in [0.29, 0.717) is 0 Å². The van der Waals surface area contributed by atoms with Crippen LogP contribution >= 0.6 is 0 Å². The summed E-state index contributed by atoms with van der Waals surface area (Å²) in [5, 5.41) is 4.67. The Labute approximate surface area is 89.2 Å². The number of amides is 2. The van der Waals surface area contributed by atoms with E-state index in [2.05, 4.69) is 16.8 Å². The molecule has 0 spiro atoms. The molecule has 0 saturated carbocycles. The largest absolute Gasteiger partial charge is 0.333 e. The van der Waals surface area contributed by atoms with Gasteiger partial charge in [-0.2, -0.15) is 0 Å². The number of rotatable bonds is 1. The molecule has 0 aliphatic carbocycles. The first-order chi connectivity index (χ1) is 7.15. The lowest BCUT2D eigenvalue weighted by atomic mass is 10.2. The number of hydrazine groups is 1. The number of anilines is 1. The molecule has 1 aromatic carbocycles. The zero-order chi connectivity index (χ0) is 10.8. The van der Waals surface area contributed by atoms with Crippen LogP contribution in [0.3, 0.4) is 0 Å². The van der Waals surface area contributed by atoms with Gasteiger partial charge in [-0.1, -0.05) is 12.1 Å². The van der Waals surface area contributed by atoms with Gasteiger partial charge in [0, 0.05) is 6.04 Å². The van der Waals surface area contributed by atoms with E-state index in [1.54, 1.807) is 0 Å². The number of nitrogens with zero attached hydrogens (tertiary/aromatic N) is 1. The van der Waals surface area contributed by atoms with E-state index < -0.39 is 0 Å². The lowest BCUT2D eigenvalue weighted by Crippen LogP contribution is -2.60. The van der Waals surface area contributed by atoms with Crippen LogP contribution in [-0.2, 0) is 0 Å². The molecule has 15 heavy (non-hydrogen) atoms. The standard InChI is InChI=1S/C11H15N3O/c1-8-4-3-5-10(6-8)14-7-9(2)12-11(15)13-14/h3-6,9H,7H2,1-2H3,(H2,12,13,15). The van der Waals surface area contributed by atoms with Gasteiger partial charge in [0.1, 0.15) is 0 Å². The van der Waals surface area contributed by atoms with E-state index in [1.165, 1.54) is 5.56 Å². The van der Waals surface area contributed by atoms with Crippen molar-refractivity contribution in [3.8, 4) is 0 Å². The van der Waals surface area contributed by atoms with Crippen molar-refractivity contribution in [2.24, 2.45) is 0 Å². The number of carbonyl (C=O) groups excluding carboxylic acids is 1. The van der Waals surface area contributed by atoms with Crippen molar-refractivity contribution in [2.75, 3.05) is 11.6 Å². The molecule has 0 bridgehead atoms. The Hall–Kier alpha value is -1.71. The molecule has 4 heteroatoms. The first-order valence-electron chi connectivity index (χ1n) is 5.06. The highest BCUT2D eigenvalue weighted by Crippen LogP contribution is 2.15. The van der Waals surface area contributed by atoms with Crippen LogP contribution in [0.4, 0.5) is 10.5 Å². The average Bonchev–Trinajstić information content (AvgIpc) is 2.16. The van der Waals surface area contributed by atoms with Gasteiger partial charge in [0.05, 0.1) is 12.2 Å². The summed E-state index contributed by atoms with van der Waals surface area (Å²) in [6, 6.07) is 8.10. The molecule has 2 N–H and O–H groups in total. The molecule has 0 radical (unpaired) electrons. The molecule has 1 heterocycles. The maximum Gasteiger partial charge on any atom is 0.333 e. The zero-order valence-electron chi connectivity index (χ0n) is 8.95. The normalized spacial score (nSPS) is 20.8. The van der Waals surface area contributed by atoms with Crippen LogP contribution in [0, 0.1) is 6.92 Å². The molecule has 2 amide bonds. The molecule has 0 aromatic heterocycles. The minimum atomic E-state index is -0.143. The van der Waals surface area contributed by atoms with Crippen molar-refractivity contribution in [1.82, 2.24) is 10.7 Å². The lowest BCUT2D eigenvalue weighted by molar-refractivity contribution is 0.230. The van der Waals surface area contributed by atoms with E-state index >= 15 is 0 Å². The van der Waals surface area contributed by atoms with Gasteiger partial charge in [0.25, 0.3) is 0 Å². The maximum absolute atomic E-state index is 11.3. The molecular formula is C11H15N3O. The number of nitrogens with one attached hydrogen (secondary N) is 2. The minimum absolute atomic E-state index is 0.143. The Morgan fingerprint density at radius 3 is 2.93 bits per heavy atom. The minimum Gasteiger partial charge on any atom is -0.332 e. The third-order valence-corrected chi connectivity index (χ3v) is 2.38. The molecular weight excluding hydrogens is 190 g/mol. The third-order valence-electron chi connectivity index (χ3n) is 2.38. The van der Waals surface area contributed by atoms with Crippen LogP contribution in [0.1, 0.15) is 12.5 Å². The van der Waals surface area contributed by atoms with Crippen LogP contribution in [-0.4, -0.2) is 18.6 Å². The molecule has 1 atom stereocenters. The second-order valence-electron chi connectivity index (χ2n) is 3.94. The number of aryl methyl sites for hydroxylation is 1. The number of benzene rings is 1. The smallest absolute Gasteiger partial charge is 0.332 e. The van der Waals surface area contributed by atoms with Gasteiger partial charge in [-0.3, -0.25) is 5.01 Å². The highest BCUT2D eigenvalue weighted by molar-refractivity contribution is 5.77. The molecule has 1 fully saturated rings. The summed E-state index contributed by atoms with van der Waals surface area (Å²) >= 11 is 0. The molecule has 1 unspecified atom stereocenters. The van der Waals surface area contributed by atoms with Gasteiger partial charge < -0.3 is 5.32 Å². The highest BCUT2D eigenvalue weighted by Gasteiger charge is 2.20. The molecule has 2 rings (SSSR count). The Kier molecular flexibility index (Phi) is 2.49. The van der Waals surface area contributed by atoms with E-state index in [1.807, 2.05) is 37.1 Å². The van der Waals surface area contributed by atoms with E-state index in [9.17, 15) is 4.79 Å². The van der Waals surface area contributed by atoms with Crippen molar-refractivity contribution < 1.29 is 4.79 Å². The molecule has 1 saturated heterocycles. The number of urea groups is 1. The summed E-state index contributed by atoms with van der Waals surface area (Å²) in [6.07, 6.45) is 0. The molecule has 4 nitrogen and oxygen atoms in total.